The number of piperazine rings is 1. The lowest BCUT2D eigenvalue weighted by Crippen LogP contribution is -2.44. The lowest BCUT2D eigenvalue weighted by atomic mass is 9.99. The van der Waals surface area contributed by atoms with Crippen LogP contribution in [0.2, 0.25) is 0 Å². The number of nitrogens with one attached hydrogen (secondary N) is 1. The van der Waals surface area contributed by atoms with E-state index in [1.54, 1.807) is 0 Å². The molecule has 2 heterocycles. The zero-order chi connectivity index (χ0) is 11.5. The molecular formula is C12H21N3O. The summed E-state index contributed by atoms with van der Waals surface area (Å²) < 4.78 is 5.22. The molecule has 1 saturated heterocycles. The van der Waals surface area contributed by atoms with Crippen LogP contribution in [0.1, 0.15) is 29.9 Å². The largest absolute Gasteiger partial charge is 0.361 e. The topological polar surface area (TPSA) is 41.3 Å². The van der Waals surface area contributed by atoms with Crippen LogP contribution in [-0.4, -0.2) is 42.8 Å². The van der Waals surface area contributed by atoms with Gasteiger partial charge in [-0.2, -0.15) is 0 Å². The highest BCUT2D eigenvalue weighted by Crippen LogP contribution is 2.23. The van der Waals surface area contributed by atoms with Crippen LogP contribution < -0.4 is 5.32 Å². The van der Waals surface area contributed by atoms with E-state index in [1.165, 1.54) is 5.56 Å². The van der Waals surface area contributed by atoms with E-state index in [4.69, 9.17) is 4.52 Å². The molecule has 1 aromatic rings. The molecular weight excluding hydrogens is 202 g/mol. The summed E-state index contributed by atoms with van der Waals surface area (Å²) >= 11 is 0. The zero-order valence-electron chi connectivity index (χ0n) is 10.4. The third-order valence-corrected chi connectivity index (χ3v) is 3.32. The zero-order valence-corrected chi connectivity index (χ0v) is 10.4. The van der Waals surface area contributed by atoms with Gasteiger partial charge in [0, 0.05) is 38.3 Å². The van der Waals surface area contributed by atoms with Gasteiger partial charge in [-0.3, -0.25) is 0 Å². The predicted octanol–water partition coefficient (Wildman–Crippen LogP) is 1.30. The summed E-state index contributed by atoms with van der Waals surface area (Å²) in [4.78, 5) is 2.51. The van der Waals surface area contributed by atoms with Crippen LogP contribution in [0.3, 0.4) is 0 Å². The molecule has 0 bridgehead atoms. The molecule has 0 spiro atoms. The Labute approximate surface area is 97.0 Å². The van der Waals surface area contributed by atoms with Crippen molar-refractivity contribution in [1.82, 2.24) is 15.4 Å². The van der Waals surface area contributed by atoms with Crippen LogP contribution in [-0.2, 0) is 0 Å². The van der Waals surface area contributed by atoms with Gasteiger partial charge < -0.3 is 14.7 Å². The molecule has 1 N–H and O–H groups in total. The number of hydrogen-bond donors (Lipinski definition) is 1. The van der Waals surface area contributed by atoms with Gasteiger partial charge in [0.2, 0.25) is 0 Å². The average molecular weight is 223 g/mol. The van der Waals surface area contributed by atoms with Gasteiger partial charge in [0.25, 0.3) is 0 Å². The van der Waals surface area contributed by atoms with E-state index in [1.807, 2.05) is 13.8 Å². The number of hydrogen-bond acceptors (Lipinski definition) is 4. The standard InChI is InChI=1S/C12H21N3O/c1-9(8-15-6-4-13-5-7-15)12-10(2)14-16-11(12)3/h9,13H,4-8H2,1-3H3. The molecule has 90 valence electrons. The molecule has 1 aliphatic rings. The second-order valence-electron chi connectivity index (χ2n) is 4.69. The fourth-order valence-corrected chi connectivity index (χ4v) is 2.57. The number of aryl methyl sites for hydroxylation is 2. The van der Waals surface area contributed by atoms with Crippen molar-refractivity contribution in [3.8, 4) is 0 Å². The molecule has 0 radical (unpaired) electrons. The summed E-state index contributed by atoms with van der Waals surface area (Å²) in [7, 11) is 0. The second kappa shape index (κ2) is 4.97. The van der Waals surface area contributed by atoms with Crippen molar-refractivity contribution >= 4 is 0 Å². The first-order chi connectivity index (χ1) is 7.68. The Hall–Kier alpha value is -0.870. The Balaban J connectivity index is 1.99. The van der Waals surface area contributed by atoms with E-state index >= 15 is 0 Å². The van der Waals surface area contributed by atoms with Crippen molar-refractivity contribution in [2.75, 3.05) is 32.7 Å². The SMILES string of the molecule is Cc1noc(C)c1C(C)CN1CCNCC1. The molecule has 1 aromatic heterocycles. The second-order valence-corrected chi connectivity index (χ2v) is 4.69. The summed E-state index contributed by atoms with van der Waals surface area (Å²) in [6.45, 7) is 11.9. The maximum atomic E-state index is 5.22. The van der Waals surface area contributed by atoms with Gasteiger partial charge in [0.15, 0.2) is 0 Å². The highest BCUT2D eigenvalue weighted by Gasteiger charge is 2.19. The Bertz CT molecular complexity index is 323. The van der Waals surface area contributed by atoms with Crippen LogP contribution in [0.4, 0.5) is 0 Å². The molecule has 4 heteroatoms. The van der Waals surface area contributed by atoms with Gasteiger partial charge in [-0.05, 0) is 19.8 Å². The maximum Gasteiger partial charge on any atom is 0.137 e. The van der Waals surface area contributed by atoms with E-state index in [-0.39, 0.29) is 0 Å². The Morgan fingerprint density at radius 2 is 2.06 bits per heavy atom. The minimum atomic E-state index is 0.504. The molecule has 0 aliphatic carbocycles. The van der Waals surface area contributed by atoms with Gasteiger partial charge in [-0.1, -0.05) is 12.1 Å². The third kappa shape index (κ3) is 2.44. The van der Waals surface area contributed by atoms with Crippen molar-refractivity contribution in [3.63, 3.8) is 0 Å². The molecule has 0 amide bonds. The van der Waals surface area contributed by atoms with Crippen molar-refractivity contribution in [2.24, 2.45) is 0 Å². The van der Waals surface area contributed by atoms with Crippen LogP contribution in [0.15, 0.2) is 4.52 Å². The smallest absolute Gasteiger partial charge is 0.137 e. The van der Waals surface area contributed by atoms with Gasteiger partial charge in [0.1, 0.15) is 5.76 Å². The molecule has 1 aliphatic heterocycles. The normalized spacial score (nSPS) is 19.9. The first-order valence-corrected chi connectivity index (χ1v) is 6.04. The maximum absolute atomic E-state index is 5.22. The Morgan fingerprint density at radius 3 is 2.62 bits per heavy atom. The molecule has 4 nitrogen and oxygen atoms in total. The van der Waals surface area contributed by atoms with Crippen LogP contribution in [0.25, 0.3) is 0 Å². The van der Waals surface area contributed by atoms with Gasteiger partial charge in [0.05, 0.1) is 5.69 Å². The predicted molar refractivity (Wildman–Crippen MR) is 63.7 cm³/mol. The first kappa shape index (κ1) is 11.6. The number of aromatic nitrogens is 1. The molecule has 0 aromatic carbocycles. The molecule has 1 unspecified atom stereocenters. The lowest BCUT2D eigenvalue weighted by molar-refractivity contribution is 0.230. The summed E-state index contributed by atoms with van der Waals surface area (Å²) in [5.74, 6) is 1.48. The summed E-state index contributed by atoms with van der Waals surface area (Å²) in [6, 6.07) is 0. The quantitative estimate of drug-likeness (QED) is 0.838. The molecule has 1 fully saturated rings. The lowest BCUT2D eigenvalue weighted by Gasteiger charge is -2.29. The van der Waals surface area contributed by atoms with E-state index in [0.29, 0.717) is 5.92 Å². The van der Waals surface area contributed by atoms with Crippen molar-refractivity contribution in [1.29, 1.82) is 0 Å². The summed E-state index contributed by atoms with van der Waals surface area (Å²) in [6.07, 6.45) is 0. The fraction of sp³-hybridized carbons (Fsp3) is 0.750. The van der Waals surface area contributed by atoms with Gasteiger partial charge in [-0.15, -0.1) is 0 Å². The number of nitrogens with zero attached hydrogens (tertiary/aromatic N) is 2. The Morgan fingerprint density at radius 1 is 1.38 bits per heavy atom. The first-order valence-electron chi connectivity index (χ1n) is 6.04. The van der Waals surface area contributed by atoms with E-state index in [9.17, 15) is 0 Å². The molecule has 16 heavy (non-hydrogen) atoms. The minimum Gasteiger partial charge on any atom is -0.361 e. The molecule has 1 atom stereocenters. The summed E-state index contributed by atoms with van der Waals surface area (Å²) in [5, 5.41) is 7.40. The minimum absolute atomic E-state index is 0.504. The van der Waals surface area contributed by atoms with Crippen LogP contribution in [0.5, 0.6) is 0 Å². The molecule has 2 rings (SSSR count). The number of rotatable bonds is 3. The Kier molecular flexibility index (Phi) is 3.61. The van der Waals surface area contributed by atoms with E-state index in [0.717, 1.165) is 44.2 Å². The van der Waals surface area contributed by atoms with Crippen LogP contribution >= 0.6 is 0 Å². The van der Waals surface area contributed by atoms with Crippen molar-refractivity contribution in [3.05, 3.63) is 17.0 Å². The van der Waals surface area contributed by atoms with E-state index < -0.39 is 0 Å². The highest BCUT2D eigenvalue weighted by atomic mass is 16.5. The summed E-state index contributed by atoms with van der Waals surface area (Å²) in [5.41, 5.74) is 2.33. The van der Waals surface area contributed by atoms with Gasteiger partial charge in [-0.25, -0.2) is 0 Å². The highest BCUT2D eigenvalue weighted by molar-refractivity contribution is 5.25. The van der Waals surface area contributed by atoms with Gasteiger partial charge >= 0.3 is 0 Å². The van der Waals surface area contributed by atoms with Crippen molar-refractivity contribution in [2.45, 2.75) is 26.7 Å². The fourth-order valence-electron chi connectivity index (χ4n) is 2.57. The third-order valence-electron chi connectivity index (χ3n) is 3.32. The van der Waals surface area contributed by atoms with Crippen molar-refractivity contribution < 1.29 is 4.52 Å². The van der Waals surface area contributed by atoms with Crippen LogP contribution in [0, 0.1) is 13.8 Å². The average Bonchev–Trinajstić information content (AvgIpc) is 2.60. The van der Waals surface area contributed by atoms with E-state index in [2.05, 4.69) is 22.3 Å². The molecule has 0 saturated carbocycles. The monoisotopic (exact) mass is 223 g/mol.